The molecule has 7 heteroatoms. The van der Waals surface area contributed by atoms with Crippen LogP contribution in [0.5, 0.6) is 11.5 Å². The summed E-state index contributed by atoms with van der Waals surface area (Å²) in [5.74, 6) is 2.39. The lowest BCUT2D eigenvalue weighted by Gasteiger charge is -2.27. The Kier molecular flexibility index (Phi) is 7.66. The fourth-order valence-corrected chi connectivity index (χ4v) is 3.70. The minimum atomic E-state index is 0. The Bertz CT molecular complexity index is 592. The van der Waals surface area contributed by atoms with Crippen LogP contribution in [0.1, 0.15) is 31.7 Å². The first-order chi connectivity index (χ1) is 11.6. The molecule has 140 valence electrons. The van der Waals surface area contributed by atoms with E-state index in [2.05, 4.69) is 17.6 Å². The van der Waals surface area contributed by atoms with Gasteiger partial charge in [-0.05, 0) is 55.5 Å². The van der Waals surface area contributed by atoms with E-state index in [1.807, 2.05) is 12.1 Å². The Hall–Kier alpha value is -1.17. The zero-order chi connectivity index (χ0) is 16.9. The Balaban J connectivity index is 0.00000225. The molecule has 2 aliphatic heterocycles. The molecule has 3 rings (SSSR count). The quantitative estimate of drug-likeness (QED) is 0.812. The molecule has 5 nitrogen and oxygen atoms in total. The second-order valence-corrected chi connectivity index (χ2v) is 7.05. The number of hydrogen-bond donors (Lipinski definition) is 2. The lowest BCUT2D eigenvalue weighted by molar-refractivity contribution is -0.122. The topological polar surface area (TPSA) is 59.6 Å². The maximum Gasteiger partial charge on any atom is 0.220 e. The van der Waals surface area contributed by atoms with Crippen molar-refractivity contribution in [1.29, 1.82) is 0 Å². The van der Waals surface area contributed by atoms with Crippen LogP contribution in [0.15, 0.2) is 12.1 Å². The van der Waals surface area contributed by atoms with Gasteiger partial charge in [0.1, 0.15) is 13.2 Å². The normalized spacial score (nSPS) is 18.2. The second kappa shape index (κ2) is 9.51. The van der Waals surface area contributed by atoms with Crippen LogP contribution in [0.3, 0.4) is 0 Å². The number of nitrogens with one attached hydrogen (secondary N) is 2. The van der Waals surface area contributed by atoms with Gasteiger partial charge in [-0.3, -0.25) is 4.79 Å². The van der Waals surface area contributed by atoms with Crippen LogP contribution in [0.25, 0.3) is 0 Å². The van der Waals surface area contributed by atoms with Gasteiger partial charge in [0.25, 0.3) is 0 Å². The molecule has 2 N–H and O–H groups in total. The number of benzene rings is 1. The molecule has 0 saturated carbocycles. The zero-order valence-electron chi connectivity index (χ0n) is 14.5. The maximum atomic E-state index is 12.2. The van der Waals surface area contributed by atoms with Gasteiger partial charge in [0, 0.05) is 13.0 Å². The number of halogens is 2. The SMILES string of the molecule is CC(CC(=O)NCc1cc(Cl)c2c(c1)OCCO2)C1CCNCC1.Cl. The molecule has 1 atom stereocenters. The van der Waals surface area contributed by atoms with E-state index in [-0.39, 0.29) is 18.3 Å². The van der Waals surface area contributed by atoms with Gasteiger partial charge in [0.05, 0.1) is 5.02 Å². The number of amides is 1. The van der Waals surface area contributed by atoms with Gasteiger partial charge in [-0.15, -0.1) is 12.4 Å². The second-order valence-electron chi connectivity index (χ2n) is 6.65. The first kappa shape index (κ1) is 20.1. The minimum Gasteiger partial charge on any atom is -0.486 e. The minimum absolute atomic E-state index is 0. The van der Waals surface area contributed by atoms with Crippen LogP contribution in [-0.4, -0.2) is 32.2 Å². The highest BCUT2D eigenvalue weighted by atomic mass is 35.5. The summed E-state index contributed by atoms with van der Waals surface area (Å²) in [7, 11) is 0. The van der Waals surface area contributed by atoms with Gasteiger partial charge in [0.15, 0.2) is 11.5 Å². The standard InChI is InChI=1S/C18H25ClN2O3.ClH/c1-12(14-2-4-20-5-3-14)8-17(22)21-11-13-9-15(19)18-16(10-13)23-6-7-24-18;/h9-10,12,14,20H,2-8,11H2,1H3,(H,21,22);1H. The highest BCUT2D eigenvalue weighted by Crippen LogP contribution is 2.38. The van der Waals surface area contributed by atoms with Crippen molar-refractivity contribution < 1.29 is 14.3 Å². The van der Waals surface area contributed by atoms with Crippen LogP contribution in [-0.2, 0) is 11.3 Å². The molecule has 1 unspecified atom stereocenters. The molecule has 2 heterocycles. The number of carbonyl (C=O) groups is 1. The van der Waals surface area contributed by atoms with E-state index in [4.69, 9.17) is 21.1 Å². The molecule has 1 amide bonds. The Morgan fingerprint density at radius 3 is 2.80 bits per heavy atom. The fourth-order valence-electron chi connectivity index (χ4n) is 3.41. The molecule has 0 aromatic heterocycles. The number of carbonyl (C=O) groups excluding carboxylic acids is 1. The van der Waals surface area contributed by atoms with Crippen LogP contribution in [0.4, 0.5) is 0 Å². The largest absolute Gasteiger partial charge is 0.486 e. The molecule has 0 radical (unpaired) electrons. The highest BCUT2D eigenvalue weighted by Gasteiger charge is 2.22. The van der Waals surface area contributed by atoms with Crippen molar-refractivity contribution in [3.05, 3.63) is 22.7 Å². The average Bonchev–Trinajstić information content (AvgIpc) is 2.61. The smallest absolute Gasteiger partial charge is 0.220 e. The Morgan fingerprint density at radius 2 is 2.04 bits per heavy atom. The molecule has 2 aliphatic rings. The fraction of sp³-hybridized carbons (Fsp3) is 0.611. The molecular formula is C18H26Cl2N2O3. The van der Waals surface area contributed by atoms with Crippen molar-refractivity contribution in [1.82, 2.24) is 10.6 Å². The van der Waals surface area contributed by atoms with Crippen molar-refractivity contribution >= 4 is 29.9 Å². The number of rotatable bonds is 5. The predicted octanol–water partition coefficient (Wildman–Crippen LogP) is 3.18. The molecule has 1 aromatic carbocycles. The molecule has 0 aliphatic carbocycles. The summed E-state index contributed by atoms with van der Waals surface area (Å²) in [5, 5.41) is 6.89. The third-order valence-electron chi connectivity index (χ3n) is 4.84. The van der Waals surface area contributed by atoms with Gasteiger partial charge in [-0.1, -0.05) is 18.5 Å². The van der Waals surface area contributed by atoms with Crippen molar-refractivity contribution in [2.45, 2.75) is 32.7 Å². The van der Waals surface area contributed by atoms with E-state index in [0.29, 0.717) is 54.5 Å². The van der Waals surface area contributed by atoms with E-state index in [0.717, 1.165) is 31.5 Å². The summed E-state index contributed by atoms with van der Waals surface area (Å²) in [4.78, 5) is 12.2. The summed E-state index contributed by atoms with van der Waals surface area (Å²) in [5.41, 5.74) is 0.923. The molecule has 1 fully saturated rings. The van der Waals surface area contributed by atoms with E-state index in [9.17, 15) is 4.79 Å². The van der Waals surface area contributed by atoms with Gasteiger partial charge >= 0.3 is 0 Å². The average molecular weight is 389 g/mol. The zero-order valence-corrected chi connectivity index (χ0v) is 16.0. The van der Waals surface area contributed by atoms with Crippen LogP contribution >= 0.6 is 24.0 Å². The van der Waals surface area contributed by atoms with Crippen molar-refractivity contribution in [2.24, 2.45) is 11.8 Å². The first-order valence-electron chi connectivity index (χ1n) is 8.69. The first-order valence-corrected chi connectivity index (χ1v) is 9.06. The van der Waals surface area contributed by atoms with Gasteiger partial charge in [0.2, 0.25) is 5.91 Å². The monoisotopic (exact) mass is 388 g/mol. The molecule has 1 saturated heterocycles. The van der Waals surface area contributed by atoms with E-state index in [1.165, 1.54) is 0 Å². The third-order valence-corrected chi connectivity index (χ3v) is 5.12. The van der Waals surface area contributed by atoms with E-state index in [1.54, 1.807) is 0 Å². The summed E-state index contributed by atoms with van der Waals surface area (Å²) in [6.45, 7) is 5.79. The molecule has 1 aromatic rings. The molecular weight excluding hydrogens is 363 g/mol. The predicted molar refractivity (Wildman–Crippen MR) is 101 cm³/mol. The number of hydrogen-bond acceptors (Lipinski definition) is 4. The summed E-state index contributed by atoms with van der Waals surface area (Å²) in [6, 6.07) is 3.71. The maximum absolute atomic E-state index is 12.2. The van der Waals surface area contributed by atoms with Crippen LogP contribution in [0, 0.1) is 11.8 Å². The Morgan fingerprint density at radius 1 is 1.32 bits per heavy atom. The van der Waals surface area contributed by atoms with Gasteiger partial charge < -0.3 is 20.1 Å². The van der Waals surface area contributed by atoms with Crippen molar-refractivity contribution in [3.8, 4) is 11.5 Å². The van der Waals surface area contributed by atoms with E-state index >= 15 is 0 Å². The van der Waals surface area contributed by atoms with Crippen LogP contribution in [0.2, 0.25) is 5.02 Å². The highest BCUT2D eigenvalue weighted by molar-refractivity contribution is 6.32. The van der Waals surface area contributed by atoms with Crippen molar-refractivity contribution in [2.75, 3.05) is 26.3 Å². The third kappa shape index (κ3) is 5.40. The van der Waals surface area contributed by atoms with Gasteiger partial charge in [-0.2, -0.15) is 0 Å². The Labute approximate surface area is 160 Å². The lowest BCUT2D eigenvalue weighted by atomic mass is 9.84. The summed E-state index contributed by atoms with van der Waals surface area (Å²) >= 11 is 6.22. The number of piperidine rings is 1. The van der Waals surface area contributed by atoms with Gasteiger partial charge in [-0.25, -0.2) is 0 Å². The molecule has 0 bridgehead atoms. The van der Waals surface area contributed by atoms with E-state index < -0.39 is 0 Å². The summed E-state index contributed by atoms with van der Waals surface area (Å²) < 4.78 is 11.1. The number of fused-ring (bicyclic) bond motifs is 1. The van der Waals surface area contributed by atoms with Crippen LogP contribution < -0.4 is 20.1 Å². The molecule has 0 spiro atoms. The number of ether oxygens (including phenoxy) is 2. The van der Waals surface area contributed by atoms with Crippen molar-refractivity contribution in [3.63, 3.8) is 0 Å². The lowest BCUT2D eigenvalue weighted by Crippen LogP contribution is -2.33. The summed E-state index contributed by atoms with van der Waals surface area (Å²) in [6.07, 6.45) is 2.89. The molecule has 25 heavy (non-hydrogen) atoms.